The molecular formula is C20H32O. The first-order valence-electron chi connectivity index (χ1n) is 9.38. The van der Waals surface area contributed by atoms with E-state index in [2.05, 4.69) is 27.7 Å². The molecule has 0 aromatic rings. The Morgan fingerprint density at radius 1 is 1.00 bits per heavy atom. The van der Waals surface area contributed by atoms with Crippen LogP contribution in [0.4, 0.5) is 0 Å². The normalized spacial score (nSPS) is 59.5. The van der Waals surface area contributed by atoms with Crippen LogP contribution in [0.1, 0.15) is 79.1 Å². The van der Waals surface area contributed by atoms with Crippen molar-refractivity contribution in [3.05, 3.63) is 0 Å². The molecule has 0 aliphatic heterocycles. The summed E-state index contributed by atoms with van der Waals surface area (Å²) in [6.45, 7) is 9.81. The quantitative estimate of drug-likeness (QED) is 0.596. The van der Waals surface area contributed by atoms with Crippen molar-refractivity contribution < 1.29 is 4.79 Å². The Labute approximate surface area is 130 Å². The molecule has 0 amide bonds. The molecule has 0 radical (unpaired) electrons. The minimum atomic E-state index is 0.0139. The van der Waals surface area contributed by atoms with Crippen molar-refractivity contribution in [2.24, 2.45) is 39.9 Å². The van der Waals surface area contributed by atoms with E-state index in [1.807, 2.05) is 0 Å². The van der Waals surface area contributed by atoms with Crippen LogP contribution in [0.5, 0.6) is 0 Å². The number of Topliss-reactive ketones (excluding diaryl/α,β-unsaturated/α-hetero) is 1. The molecule has 0 aromatic carbocycles. The highest BCUT2D eigenvalue weighted by Crippen LogP contribution is 2.73. The zero-order valence-corrected chi connectivity index (χ0v) is 14.4. The van der Waals surface area contributed by atoms with Crippen LogP contribution < -0.4 is 0 Å². The Balaban J connectivity index is 1.78. The predicted molar refractivity (Wildman–Crippen MR) is 85.9 cm³/mol. The van der Waals surface area contributed by atoms with Gasteiger partial charge in [-0.1, -0.05) is 40.5 Å². The van der Waals surface area contributed by atoms with Crippen LogP contribution in [0.3, 0.4) is 0 Å². The molecule has 4 fully saturated rings. The summed E-state index contributed by atoms with van der Waals surface area (Å²) in [5.41, 5.74) is 0.905. The fourth-order valence-corrected chi connectivity index (χ4v) is 7.82. The van der Waals surface area contributed by atoms with Crippen molar-refractivity contribution in [1.82, 2.24) is 0 Å². The number of rotatable bonds is 0. The SMILES string of the molecule is C[C@@H]1[C@]23CC[C@@H]4[C@@H](C)CCCC4(C)[C@@H]2CC[C@@]1(C)C(=O)C3. The van der Waals surface area contributed by atoms with Crippen molar-refractivity contribution in [1.29, 1.82) is 0 Å². The summed E-state index contributed by atoms with van der Waals surface area (Å²) < 4.78 is 0. The number of carbonyl (C=O) groups excluding carboxylic acids is 1. The van der Waals surface area contributed by atoms with Gasteiger partial charge >= 0.3 is 0 Å². The number of hydrogen-bond acceptors (Lipinski definition) is 1. The van der Waals surface area contributed by atoms with E-state index in [0.29, 0.717) is 22.5 Å². The second-order valence-electron chi connectivity index (χ2n) is 9.58. The Morgan fingerprint density at radius 3 is 2.52 bits per heavy atom. The van der Waals surface area contributed by atoms with Gasteiger partial charge in [0.25, 0.3) is 0 Å². The fraction of sp³-hybridized carbons (Fsp3) is 0.950. The maximum atomic E-state index is 12.8. The second kappa shape index (κ2) is 4.15. The molecule has 0 aromatic heterocycles. The van der Waals surface area contributed by atoms with Gasteiger partial charge in [0.1, 0.15) is 5.78 Å². The van der Waals surface area contributed by atoms with Gasteiger partial charge in [0, 0.05) is 11.8 Å². The molecule has 0 saturated heterocycles. The molecule has 2 bridgehead atoms. The molecule has 4 aliphatic carbocycles. The first-order valence-corrected chi connectivity index (χ1v) is 9.38. The molecule has 118 valence electrons. The van der Waals surface area contributed by atoms with Crippen LogP contribution in [0.15, 0.2) is 0 Å². The van der Waals surface area contributed by atoms with E-state index in [1.165, 1.54) is 38.5 Å². The van der Waals surface area contributed by atoms with Gasteiger partial charge in [-0.15, -0.1) is 0 Å². The average molecular weight is 288 g/mol. The average Bonchev–Trinajstić information content (AvgIpc) is 2.55. The van der Waals surface area contributed by atoms with Crippen molar-refractivity contribution in [2.75, 3.05) is 0 Å². The molecule has 0 N–H and O–H groups in total. The lowest BCUT2D eigenvalue weighted by atomic mass is 9.41. The van der Waals surface area contributed by atoms with Crippen LogP contribution in [0.25, 0.3) is 0 Å². The summed E-state index contributed by atoms with van der Waals surface area (Å²) >= 11 is 0. The molecule has 7 atom stereocenters. The minimum Gasteiger partial charge on any atom is -0.299 e. The van der Waals surface area contributed by atoms with E-state index in [9.17, 15) is 4.79 Å². The topological polar surface area (TPSA) is 17.1 Å². The van der Waals surface area contributed by atoms with Crippen LogP contribution in [-0.2, 0) is 4.79 Å². The lowest BCUT2D eigenvalue weighted by Gasteiger charge is -2.63. The zero-order chi connectivity index (χ0) is 15.0. The molecule has 4 rings (SSSR count). The van der Waals surface area contributed by atoms with E-state index in [0.717, 1.165) is 30.6 Å². The van der Waals surface area contributed by atoms with E-state index >= 15 is 0 Å². The molecule has 1 nitrogen and oxygen atoms in total. The van der Waals surface area contributed by atoms with Gasteiger partial charge in [0.15, 0.2) is 0 Å². The first kappa shape index (κ1) is 14.3. The summed E-state index contributed by atoms with van der Waals surface area (Å²) in [7, 11) is 0. The van der Waals surface area contributed by atoms with Crippen LogP contribution in [0, 0.1) is 39.9 Å². The third-order valence-electron chi connectivity index (χ3n) is 9.22. The summed E-state index contributed by atoms with van der Waals surface area (Å²) in [5, 5.41) is 0. The van der Waals surface area contributed by atoms with E-state index < -0.39 is 0 Å². The number of ketones is 1. The molecule has 4 saturated carbocycles. The minimum absolute atomic E-state index is 0.0139. The standard InChI is InChI=1S/C20H32O/c1-13-6-5-9-19(4)15(13)7-11-20-12-17(21)18(3,14(20)2)10-8-16(19)20/h13-16H,5-12H2,1-4H3/t13-,14-,15+,16-,18+,19?,20+/m0/s1. The third-order valence-corrected chi connectivity index (χ3v) is 9.22. The van der Waals surface area contributed by atoms with Crippen LogP contribution in [-0.4, -0.2) is 5.78 Å². The van der Waals surface area contributed by atoms with Crippen molar-refractivity contribution in [3.63, 3.8) is 0 Å². The van der Waals surface area contributed by atoms with Crippen molar-refractivity contribution in [3.8, 4) is 0 Å². The van der Waals surface area contributed by atoms with Crippen LogP contribution >= 0.6 is 0 Å². The third kappa shape index (κ3) is 1.51. The monoisotopic (exact) mass is 288 g/mol. The van der Waals surface area contributed by atoms with Crippen molar-refractivity contribution >= 4 is 5.78 Å². The van der Waals surface area contributed by atoms with Crippen molar-refractivity contribution in [2.45, 2.75) is 79.1 Å². The molecule has 1 unspecified atom stereocenters. The first-order chi connectivity index (χ1) is 9.84. The predicted octanol–water partition coefficient (Wildman–Crippen LogP) is 5.23. The molecule has 1 heteroatoms. The van der Waals surface area contributed by atoms with Gasteiger partial charge in [0.05, 0.1) is 0 Å². The summed E-state index contributed by atoms with van der Waals surface area (Å²) in [6.07, 6.45) is 10.4. The van der Waals surface area contributed by atoms with Crippen LogP contribution in [0.2, 0.25) is 0 Å². The Hall–Kier alpha value is -0.330. The summed E-state index contributed by atoms with van der Waals surface area (Å²) in [6, 6.07) is 0. The highest BCUT2D eigenvalue weighted by Gasteiger charge is 2.68. The Bertz CT molecular complexity index is 482. The molecule has 21 heavy (non-hydrogen) atoms. The second-order valence-corrected chi connectivity index (χ2v) is 9.58. The maximum Gasteiger partial charge on any atom is 0.139 e. The number of fused-ring (bicyclic) bond motifs is 3. The van der Waals surface area contributed by atoms with E-state index in [1.54, 1.807) is 0 Å². The molecule has 0 heterocycles. The zero-order valence-electron chi connectivity index (χ0n) is 14.4. The highest BCUT2D eigenvalue weighted by molar-refractivity contribution is 5.88. The van der Waals surface area contributed by atoms with Gasteiger partial charge in [-0.25, -0.2) is 0 Å². The Morgan fingerprint density at radius 2 is 1.76 bits per heavy atom. The van der Waals surface area contributed by atoms with Gasteiger partial charge in [-0.2, -0.15) is 0 Å². The lowest BCUT2D eigenvalue weighted by Crippen LogP contribution is -2.56. The smallest absolute Gasteiger partial charge is 0.139 e. The Kier molecular flexibility index (Phi) is 2.82. The molecule has 4 aliphatic rings. The highest BCUT2D eigenvalue weighted by atomic mass is 16.1. The lowest BCUT2D eigenvalue weighted by molar-refractivity contribution is -0.152. The van der Waals surface area contributed by atoms with Gasteiger partial charge in [0.2, 0.25) is 0 Å². The number of hydrogen-bond donors (Lipinski definition) is 0. The fourth-order valence-electron chi connectivity index (χ4n) is 7.82. The van der Waals surface area contributed by atoms with Gasteiger partial charge in [-0.05, 0) is 66.6 Å². The maximum absolute atomic E-state index is 12.8. The molecule has 1 spiro atoms. The number of carbonyl (C=O) groups is 1. The van der Waals surface area contributed by atoms with E-state index in [-0.39, 0.29) is 5.41 Å². The molecular weight excluding hydrogens is 256 g/mol. The van der Waals surface area contributed by atoms with Gasteiger partial charge in [-0.3, -0.25) is 4.79 Å². The summed E-state index contributed by atoms with van der Waals surface area (Å²) in [4.78, 5) is 12.8. The summed E-state index contributed by atoms with van der Waals surface area (Å²) in [5.74, 6) is 3.87. The van der Waals surface area contributed by atoms with Gasteiger partial charge < -0.3 is 0 Å². The van der Waals surface area contributed by atoms with E-state index in [4.69, 9.17) is 0 Å². The largest absolute Gasteiger partial charge is 0.299 e.